The van der Waals surface area contributed by atoms with E-state index in [4.69, 9.17) is 9.15 Å². The molecule has 0 spiro atoms. The lowest BCUT2D eigenvalue weighted by Gasteiger charge is -2.03. The maximum absolute atomic E-state index is 5.62. The molecule has 3 aromatic rings. The van der Waals surface area contributed by atoms with Gasteiger partial charge in [0.05, 0.1) is 6.26 Å². The Bertz CT molecular complexity index is 581. The van der Waals surface area contributed by atoms with Crippen molar-refractivity contribution in [3.63, 3.8) is 0 Å². The van der Waals surface area contributed by atoms with E-state index in [1.165, 1.54) is 0 Å². The minimum absolute atomic E-state index is 0.461. The predicted molar refractivity (Wildman–Crippen MR) is 61.3 cm³/mol. The van der Waals surface area contributed by atoms with Gasteiger partial charge in [-0.05, 0) is 36.4 Å². The van der Waals surface area contributed by atoms with Crippen LogP contribution in [-0.4, -0.2) is 4.98 Å². The lowest BCUT2D eigenvalue weighted by atomic mass is 10.2. The van der Waals surface area contributed by atoms with Crippen LogP contribution >= 0.6 is 0 Å². The van der Waals surface area contributed by atoms with Gasteiger partial charge in [0.25, 0.3) is 0 Å². The third kappa shape index (κ3) is 1.67. The number of ether oxygens (including phenoxy) is 1. The van der Waals surface area contributed by atoms with E-state index < -0.39 is 0 Å². The van der Waals surface area contributed by atoms with Crippen molar-refractivity contribution in [3.8, 4) is 5.75 Å². The van der Waals surface area contributed by atoms with Crippen LogP contribution in [0.15, 0.2) is 53.3 Å². The van der Waals surface area contributed by atoms with Crippen molar-refractivity contribution in [3.05, 3.63) is 54.6 Å². The predicted octanol–water partition coefficient (Wildman–Crippen LogP) is 3.34. The first kappa shape index (κ1) is 9.09. The van der Waals surface area contributed by atoms with E-state index in [0.29, 0.717) is 6.61 Å². The minimum Gasteiger partial charge on any atom is -0.486 e. The summed E-state index contributed by atoms with van der Waals surface area (Å²) in [4.78, 5) is 3.14. The monoisotopic (exact) mass is 213 g/mol. The van der Waals surface area contributed by atoms with Crippen LogP contribution in [0.1, 0.15) is 5.76 Å². The molecule has 0 amide bonds. The number of hydrogen-bond donors (Lipinski definition) is 1. The highest BCUT2D eigenvalue weighted by molar-refractivity contribution is 5.80. The van der Waals surface area contributed by atoms with E-state index in [2.05, 4.69) is 4.98 Å². The largest absolute Gasteiger partial charge is 0.486 e. The number of fused-ring (bicyclic) bond motifs is 1. The summed E-state index contributed by atoms with van der Waals surface area (Å²) >= 11 is 0. The van der Waals surface area contributed by atoms with Crippen molar-refractivity contribution in [2.45, 2.75) is 6.61 Å². The quantitative estimate of drug-likeness (QED) is 0.724. The molecule has 80 valence electrons. The SMILES string of the molecule is c1coc(COc2ccc3[nH]ccc3c2)c1. The van der Waals surface area contributed by atoms with Gasteiger partial charge in [-0.3, -0.25) is 0 Å². The summed E-state index contributed by atoms with van der Waals surface area (Å²) < 4.78 is 10.8. The Kier molecular flexibility index (Phi) is 2.14. The van der Waals surface area contributed by atoms with E-state index >= 15 is 0 Å². The van der Waals surface area contributed by atoms with Gasteiger partial charge in [-0.1, -0.05) is 0 Å². The second-order valence-corrected chi connectivity index (χ2v) is 3.59. The molecule has 3 heteroatoms. The van der Waals surface area contributed by atoms with Gasteiger partial charge >= 0.3 is 0 Å². The maximum Gasteiger partial charge on any atom is 0.146 e. The molecule has 0 aliphatic heterocycles. The summed E-state index contributed by atoms with van der Waals surface area (Å²) in [6.07, 6.45) is 3.56. The lowest BCUT2D eigenvalue weighted by molar-refractivity contribution is 0.270. The highest BCUT2D eigenvalue weighted by Crippen LogP contribution is 2.20. The maximum atomic E-state index is 5.62. The average Bonchev–Trinajstić information content (AvgIpc) is 2.97. The van der Waals surface area contributed by atoms with Crippen LogP contribution in [0.4, 0.5) is 0 Å². The van der Waals surface area contributed by atoms with Gasteiger partial charge in [0, 0.05) is 17.1 Å². The minimum atomic E-state index is 0.461. The van der Waals surface area contributed by atoms with Crippen molar-refractivity contribution in [1.82, 2.24) is 4.98 Å². The van der Waals surface area contributed by atoms with Gasteiger partial charge in [-0.2, -0.15) is 0 Å². The molecular formula is C13H11NO2. The number of furan rings is 1. The summed E-state index contributed by atoms with van der Waals surface area (Å²) in [6.45, 7) is 0.461. The molecule has 0 aliphatic rings. The summed E-state index contributed by atoms with van der Waals surface area (Å²) in [5.41, 5.74) is 1.12. The molecule has 0 bridgehead atoms. The lowest BCUT2D eigenvalue weighted by Crippen LogP contribution is -1.93. The Balaban J connectivity index is 1.78. The van der Waals surface area contributed by atoms with Crippen LogP contribution in [0, 0.1) is 0 Å². The van der Waals surface area contributed by atoms with Crippen LogP contribution in [-0.2, 0) is 6.61 Å². The molecule has 0 atom stereocenters. The van der Waals surface area contributed by atoms with Crippen molar-refractivity contribution < 1.29 is 9.15 Å². The fourth-order valence-electron chi connectivity index (χ4n) is 1.67. The second-order valence-electron chi connectivity index (χ2n) is 3.59. The van der Waals surface area contributed by atoms with Gasteiger partial charge in [-0.15, -0.1) is 0 Å². The normalized spacial score (nSPS) is 10.8. The highest BCUT2D eigenvalue weighted by atomic mass is 16.5. The summed E-state index contributed by atoms with van der Waals surface area (Å²) in [5, 5.41) is 1.15. The highest BCUT2D eigenvalue weighted by Gasteiger charge is 2.00. The molecule has 0 aliphatic carbocycles. The first-order valence-corrected chi connectivity index (χ1v) is 5.14. The molecule has 16 heavy (non-hydrogen) atoms. The van der Waals surface area contributed by atoms with Crippen LogP contribution in [0.3, 0.4) is 0 Å². The van der Waals surface area contributed by atoms with Crippen LogP contribution < -0.4 is 4.74 Å². The number of aromatic amines is 1. The number of rotatable bonds is 3. The molecular weight excluding hydrogens is 202 g/mol. The van der Waals surface area contributed by atoms with Gasteiger partial charge < -0.3 is 14.1 Å². The van der Waals surface area contributed by atoms with Crippen molar-refractivity contribution >= 4 is 10.9 Å². The molecule has 0 saturated carbocycles. The molecule has 0 fully saturated rings. The van der Waals surface area contributed by atoms with Gasteiger partial charge in [0.2, 0.25) is 0 Å². The van der Waals surface area contributed by atoms with Crippen LogP contribution in [0.5, 0.6) is 5.75 Å². The Hall–Kier alpha value is -2.16. The number of H-pyrrole nitrogens is 1. The van der Waals surface area contributed by atoms with Crippen LogP contribution in [0.25, 0.3) is 10.9 Å². The third-order valence-electron chi connectivity index (χ3n) is 2.49. The smallest absolute Gasteiger partial charge is 0.146 e. The number of aromatic nitrogens is 1. The average molecular weight is 213 g/mol. The number of hydrogen-bond acceptors (Lipinski definition) is 2. The first-order chi connectivity index (χ1) is 7.92. The summed E-state index contributed by atoms with van der Waals surface area (Å²) in [7, 11) is 0. The molecule has 0 saturated heterocycles. The van der Waals surface area contributed by atoms with Gasteiger partial charge in [0.15, 0.2) is 0 Å². The Labute approximate surface area is 92.7 Å². The summed E-state index contributed by atoms with van der Waals surface area (Å²) in [6, 6.07) is 11.7. The fraction of sp³-hybridized carbons (Fsp3) is 0.0769. The number of benzene rings is 1. The molecule has 1 aromatic carbocycles. The number of nitrogens with one attached hydrogen (secondary N) is 1. The van der Waals surface area contributed by atoms with E-state index in [1.54, 1.807) is 6.26 Å². The second kappa shape index (κ2) is 3.77. The fourth-order valence-corrected chi connectivity index (χ4v) is 1.67. The van der Waals surface area contributed by atoms with Crippen molar-refractivity contribution in [1.29, 1.82) is 0 Å². The Morgan fingerprint density at radius 2 is 2.19 bits per heavy atom. The molecule has 2 heterocycles. The molecule has 1 N–H and O–H groups in total. The third-order valence-corrected chi connectivity index (χ3v) is 2.49. The van der Waals surface area contributed by atoms with Crippen molar-refractivity contribution in [2.24, 2.45) is 0 Å². The zero-order valence-electron chi connectivity index (χ0n) is 8.64. The van der Waals surface area contributed by atoms with Gasteiger partial charge in [0.1, 0.15) is 18.1 Å². The molecule has 0 unspecified atom stereocenters. The molecule has 3 nitrogen and oxygen atoms in total. The van der Waals surface area contributed by atoms with E-state index in [1.807, 2.05) is 42.6 Å². The van der Waals surface area contributed by atoms with Crippen molar-refractivity contribution in [2.75, 3.05) is 0 Å². The Morgan fingerprint density at radius 1 is 1.19 bits per heavy atom. The zero-order chi connectivity index (χ0) is 10.8. The van der Waals surface area contributed by atoms with Crippen LogP contribution in [0.2, 0.25) is 0 Å². The van der Waals surface area contributed by atoms with Gasteiger partial charge in [-0.25, -0.2) is 0 Å². The zero-order valence-corrected chi connectivity index (χ0v) is 8.64. The molecule has 3 rings (SSSR count). The van der Waals surface area contributed by atoms with E-state index in [-0.39, 0.29) is 0 Å². The summed E-state index contributed by atoms with van der Waals surface area (Å²) in [5.74, 6) is 1.68. The standard InChI is InChI=1S/C13H11NO2/c1-2-12(15-7-1)9-16-11-3-4-13-10(8-11)5-6-14-13/h1-8,14H,9H2. The molecule has 0 radical (unpaired) electrons. The molecule has 2 aromatic heterocycles. The Morgan fingerprint density at radius 3 is 3.06 bits per heavy atom. The van der Waals surface area contributed by atoms with E-state index in [0.717, 1.165) is 22.4 Å². The first-order valence-electron chi connectivity index (χ1n) is 5.14. The topological polar surface area (TPSA) is 38.2 Å². The van der Waals surface area contributed by atoms with E-state index in [9.17, 15) is 0 Å².